The van der Waals surface area contributed by atoms with Gasteiger partial charge in [0.25, 0.3) is 0 Å². The minimum absolute atomic E-state index is 1.03. The van der Waals surface area contributed by atoms with Crippen LogP contribution in [0.2, 0.25) is 0 Å². The van der Waals surface area contributed by atoms with Crippen LogP contribution in [0.5, 0.6) is 0 Å². The van der Waals surface area contributed by atoms with Crippen molar-refractivity contribution in [1.82, 2.24) is 0 Å². The lowest BCUT2D eigenvalue weighted by molar-refractivity contribution is 1.08. The molecule has 0 N–H and O–H groups in total. The number of thiol groups is 2. The third-order valence-corrected chi connectivity index (χ3v) is 4.41. The lowest BCUT2D eigenvalue weighted by atomic mass is 10.6. The molecule has 0 aromatic rings. The molecule has 0 fully saturated rings. The molecule has 0 saturated heterocycles. The van der Waals surface area contributed by atoms with E-state index in [4.69, 9.17) is 0 Å². The Morgan fingerprint density at radius 3 is 1.38 bits per heavy atom. The summed E-state index contributed by atoms with van der Waals surface area (Å²) in [5.74, 6) is 7.27. The number of rotatable bonds is 10. The molecule has 0 saturated carbocycles. The molecular weight excluding hydrogens is 236 g/mol. The van der Waals surface area contributed by atoms with E-state index in [9.17, 15) is 0 Å². The van der Waals surface area contributed by atoms with Crippen LogP contribution in [0.3, 0.4) is 0 Å². The Kier molecular flexibility index (Phi) is 14.8. The molecule has 0 unspecified atom stereocenters. The maximum Gasteiger partial charge on any atom is -0.00597 e. The van der Waals surface area contributed by atoms with Gasteiger partial charge in [0.1, 0.15) is 0 Å². The monoisotopic (exact) mass is 256 g/mol. The molecule has 0 aromatic heterocycles. The van der Waals surface area contributed by atoms with Crippen molar-refractivity contribution in [2.45, 2.75) is 19.3 Å². The Morgan fingerprint density at radius 2 is 1.00 bits per heavy atom. The zero-order valence-electron chi connectivity index (χ0n) is 8.07. The number of hydrogen-bond acceptors (Lipinski definition) is 4. The Morgan fingerprint density at radius 1 is 0.615 bits per heavy atom. The van der Waals surface area contributed by atoms with E-state index in [0.717, 1.165) is 11.5 Å². The first-order valence-electron chi connectivity index (χ1n) is 4.79. The highest BCUT2D eigenvalue weighted by molar-refractivity contribution is 8.00. The molecule has 0 amide bonds. The van der Waals surface area contributed by atoms with E-state index in [2.05, 4.69) is 48.8 Å². The van der Waals surface area contributed by atoms with Gasteiger partial charge in [0, 0.05) is 0 Å². The second-order valence-electron chi connectivity index (χ2n) is 2.73. The van der Waals surface area contributed by atoms with Crippen LogP contribution in [0, 0.1) is 0 Å². The summed E-state index contributed by atoms with van der Waals surface area (Å²) in [5, 5.41) is 0. The first-order chi connectivity index (χ1) is 6.41. The zero-order chi connectivity index (χ0) is 9.78. The van der Waals surface area contributed by atoms with Crippen LogP contribution >= 0.6 is 48.8 Å². The smallest absolute Gasteiger partial charge is 0.00597 e. The molecule has 4 heteroatoms. The van der Waals surface area contributed by atoms with Gasteiger partial charge >= 0.3 is 0 Å². The summed E-state index contributed by atoms with van der Waals surface area (Å²) in [6, 6.07) is 0. The fourth-order valence-electron chi connectivity index (χ4n) is 0.800. The van der Waals surface area contributed by atoms with Crippen molar-refractivity contribution >= 4 is 48.8 Å². The Balaban J connectivity index is 2.76. The van der Waals surface area contributed by atoms with E-state index in [1.165, 1.54) is 42.3 Å². The molecule has 0 aliphatic rings. The average Bonchev–Trinajstić information content (AvgIpc) is 2.16. The van der Waals surface area contributed by atoms with Crippen molar-refractivity contribution in [1.29, 1.82) is 0 Å². The molecule has 0 bridgehead atoms. The molecule has 0 spiro atoms. The molecule has 13 heavy (non-hydrogen) atoms. The summed E-state index contributed by atoms with van der Waals surface area (Å²) in [5.41, 5.74) is 0. The van der Waals surface area contributed by atoms with Gasteiger partial charge in [0.15, 0.2) is 0 Å². The summed E-state index contributed by atoms with van der Waals surface area (Å²) in [7, 11) is 0. The molecule has 0 heterocycles. The lowest BCUT2D eigenvalue weighted by Crippen LogP contribution is -1.89. The van der Waals surface area contributed by atoms with Crippen molar-refractivity contribution in [3.8, 4) is 0 Å². The highest BCUT2D eigenvalue weighted by Crippen LogP contribution is 2.10. The molecule has 80 valence electrons. The topological polar surface area (TPSA) is 0 Å². The third kappa shape index (κ3) is 13.4. The first kappa shape index (κ1) is 14.4. The largest absolute Gasteiger partial charge is 0.179 e. The minimum atomic E-state index is 1.03. The molecule has 0 aliphatic carbocycles. The maximum atomic E-state index is 4.18. The Labute approximate surface area is 102 Å². The fourth-order valence-corrected chi connectivity index (χ4v) is 3.53. The van der Waals surface area contributed by atoms with E-state index in [0.29, 0.717) is 0 Å². The highest BCUT2D eigenvalue weighted by Gasteiger charge is 1.91. The van der Waals surface area contributed by atoms with Crippen LogP contribution in [-0.2, 0) is 0 Å². The molecule has 0 rings (SSSR count). The number of hydrogen-bond donors (Lipinski definition) is 2. The second kappa shape index (κ2) is 13.4. The zero-order valence-corrected chi connectivity index (χ0v) is 11.5. The summed E-state index contributed by atoms with van der Waals surface area (Å²) in [6.07, 6.45) is 3.86. The quantitative estimate of drug-likeness (QED) is 0.454. The van der Waals surface area contributed by atoms with Gasteiger partial charge in [0.05, 0.1) is 0 Å². The van der Waals surface area contributed by atoms with E-state index in [1.807, 2.05) is 0 Å². The molecule has 0 aliphatic heterocycles. The summed E-state index contributed by atoms with van der Waals surface area (Å²) in [6.45, 7) is 0. The van der Waals surface area contributed by atoms with Gasteiger partial charge in [-0.25, -0.2) is 0 Å². The van der Waals surface area contributed by atoms with Gasteiger partial charge in [-0.3, -0.25) is 0 Å². The van der Waals surface area contributed by atoms with Gasteiger partial charge in [-0.2, -0.15) is 48.8 Å². The fraction of sp³-hybridized carbons (Fsp3) is 1.00. The van der Waals surface area contributed by atoms with Crippen molar-refractivity contribution in [3.05, 3.63) is 0 Å². The normalized spacial score (nSPS) is 10.6. The Hall–Kier alpha value is 1.40. The van der Waals surface area contributed by atoms with Crippen LogP contribution in [0.4, 0.5) is 0 Å². The summed E-state index contributed by atoms with van der Waals surface area (Å²) in [4.78, 5) is 0. The molecule has 0 atom stereocenters. The first-order valence-corrected chi connectivity index (χ1v) is 8.36. The predicted octanol–water partition coefficient (Wildman–Crippen LogP) is 3.48. The SMILES string of the molecule is SCCCSCCCSCCCS. The van der Waals surface area contributed by atoms with Crippen molar-refractivity contribution in [2.24, 2.45) is 0 Å². The van der Waals surface area contributed by atoms with Crippen molar-refractivity contribution in [2.75, 3.05) is 34.5 Å². The number of thioether (sulfide) groups is 2. The molecule has 0 nitrogen and oxygen atoms in total. The van der Waals surface area contributed by atoms with Crippen LogP contribution in [-0.4, -0.2) is 34.5 Å². The molecular formula is C9H20S4. The van der Waals surface area contributed by atoms with Gasteiger partial charge in [-0.15, -0.1) is 0 Å². The second-order valence-corrected chi connectivity index (χ2v) is 6.08. The highest BCUT2D eigenvalue weighted by atomic mass is 32.2. The minimum Gasteiger partial charge on any atom is -0.179 e. The standard InChI is InChI=1S/C9H20S4/c10-4-1-6-12-8-3-9-13-7-2-5-11/h10-11H,1-9H2. The molecule has 0 radical (unpaired) electrons. The third-order valence-electron chi connectivity index (χ3n) is 1.47. The van der Waals surface area contributed by atoms with Crippen molar-refractivity contribution < 1.29 is 0 Å². The molecule has 0 aromatic carbocycles. The van der Waals surface area contributed by atoms with Crippen LogP contribution in [0.1, 0.15) is 19.3 Å². The Bertz CT molecular complexity index is 77.7. The predicted molar refractivity (Wildman–Crippen MR) is 76.2 cm³/mol. The average molecular weight is 257 g/mol. The lowest BCUT2D eigenvalue weighted by Gasteiger charge is -2.00. The summed E-state index contributed by atoms with van der Waals surface area (Å²) < 4.78 is 0. The van der Waals surface area contributed by atoms with E-state index >= 15 is 0 Å². The van der Waals surface area contributed by atoms with E-state index < -0.39 is 0 Å². The van der Waals surface area contributed by atoms with Crippen LogP contribution in [0.15, 0.2) is 0 Å². The van der Waals surface area contributed by atoms with Gasteiger partial charge in [0.2, 0.25) is 0 Å². The van der Waals surface area contributed by atoms with E-state index in [-0.39, 0.29) is 0 Å². The maximum absolute atomic E-state index is 4.18. The van der Waals surface area contributed by atoms with Gasteiger partial charge in [-0.05, 0) is 53.8 Å². The van der Waals surface area contributed by atoms with Gasteiger partial charge < -0.3 is 0 Å². The van der Waals surface area contributed by atoms with E-state index in [1.54, 1.807) is 0 Å². The van der Waals surface area contributed by atoms with Crippen LogP contribution < -0.4 is 0 Å². The van der Waals surface area contributed by atoms with Gasteiger partial charge in [-0.1, -0.05) is 0 Å². The van der Waals surface area contributed by atoms with Crippen LogP contribution in [0.25, 0.3) is 0 Å². The van der Waals surface area contributed by atoms with Crippen molar-refractivity contribution in [3.63, 3.8) is 0 Å². The summed E-state index contributed by atoms with van der Waals surface area (Å²) >= 11 is 12.5.